The zero-order valence-electron chi connectivity index (χ0n) is 17.4. The maximum atomic E-state index is 12.9. The van der Waals surface area contributed by atoms with Crippen LogP contribution in [0.1, 0.15) is 57.1 Å². The van der Waals surface area contributed by atoms with E-state index >= 15 is 0 Å². The molecule has 0 radical (unpaired) electrons. The summed E-state index contributed by atoms with van der Waals surface area (Å²) in [5.41, 5.74) is 1.94. The third-order valence-corrected chi connectivity index (χ3v) is 6.35. The maximum absolute atomic E-state index is 12.9. The van der Waals surface area contributed by atoms with Gasteiger partial charge in [-0.1, -0.05) is 6.07 Å². The molecular formula is C22H25N3O4S. The van der Waals surface area contributed by atoms with Gasteiger partial charge in [-0.15, -0.1) is 0 Å². The summed E-state index contributed by atoms with van der Waals surface area (Å²) in [4.78, 5) is 46.3. The van der Waals surface area contributed by atoms with Gasteiger partial charge in [0.05, 0.1) is 17.7 Å². The lowest BCUT2D eigenvalue weighted by atomic mass is 9.81. The Morgan fingerprint density at radius 3 is 2.67 bits per heavy atom. The zero-order chi connectivity index (χ0) is 21.5. The number of rotatable bonds is 3. The van der Waals surface area contributed by atoms with E-state index in [-0.39, 0.29) is 22.9 Å². The largest absolute Gasteiger partial charge is 0.486 e. The molecule has 1 amide bonds. The number of H-pyrrole nitrogens is 1. The molecule has 0 unspecified atom stereocenters. The van der Waals surface area contributed by atoms with Crippen LogP contribution in [0.25, 0.3) is 0 Å². The first-order chi connectivity index (χ1) is 14.3. The summed E-state index contributed by atoms with van der Waals surface area (Å²) in [5, 5.41) is 0. The fraction of sp³-hybridized carbons (Fsp3) is 0.455. The number of aromatic amines is 1. The highest BCUT2D eigenvalue weighted by Crippen LogP contribution is 2.41. The number of carbonyl (C=O) groups excluding carboxylic acids is 2. The maximum Gasteiger partial charge on any atom is 0.272 e. The number of aryl methyl sites for hydroxylation is 2. The number of ketones is 1. The quantitative estimate of drug-likeness (QED) is 0.810. The van der Waals surface area contributed by atoms with Gasteiger partial charge in [0, 0.05) is 32.0 Å². The minimum atomic E-state index is -0.577. The first-order valence-electron chi connectivity index (χ1n) is 10.0. The Morgan fingerprint density at radius 1 is 1.23 bits per heavy atom. The molecule has 2 aliphatic rings. The molecule has 1 spiro atoms. The molecule has 1 aromatic heterocycles. The van der Waals surface area contributed by atoms with Crippen molar-refractivity contribution in [2.75, 3.05) is 19.3 Å². The van der Waals surface area contributed by atoms with Crippen LogP contribution in [0.4, 0.5) is 0 Å². The number of nitrogens with zero attached hydrogens (tertiary/aromatic N) is 2. The van der Waals surface area contributed by atoms with Crippen LogP contribution in [-0.2, 0) is 5.75 Å². The Hall–Kier alpha value is -2.61. The highest BCUT2D eigenvalue weighted by atomic mass is 32.2. The van der Waals surface area contributed by atoms with Crippen molar-refractivity contribution in [1.29, 1.82) is 0 Å². The molecule has 1 aromatic carbocycles. The molecule has 7 nitrogen and oxygen atoms in total. The second-order valence-corrected chi connectivity index (χ2v) is 9.01. The lowest BCUT2D eigenvalue weighted by Gasteiger charge is -2.44. The van der Waals surface area contributed by atoms with Crippen molar-refractivity contribution < 1.29 is 14.3 Å². The van der Waals surface area contributed by atoms with Gasteiger partial charge in [-0.05, 0) is 37.3 Å². The molecular weight excluding hydrogens is 402 g/mol. The SMILES string of the molecule is CSCc1nc(C(=O)N2CCC3(CC2)CC(=O)c2c(C)cc(C)cc2O3)cc(=O)[nH]1. The van der Waals surface area contributed by atoms with Crippen LogP contribution >= 0.6 is 11.8 Å². The third kappa shape index (κ3) is 3.88. The van der Waals surface area contributed by atoms with E-state index in [0.717, 1.165) is 11.1 Å². The van der Waals surface area contributed by atoms with E-state index in [2.05, 4.69) is 9.97 Å². The second kappa shape index (κ2) is 7.91. The van der Waals surface area contributed by atoms with Crippen molar-refractivity contribution in [2.24, 2.45) is 0 Å². The molecule has 4 rings (SSSR count). The summed E-state index contributed by atoms with van der Waals surface area (Å²) in [6.45, 7) is 4.84. The summed E-state index contributed by atoms with van der Waals surface area (Å²) in [5.74, 6) is 1.53. The number of ether oxygens (including phenoxy) is 1. The normalized spacial score (nSPS) is 17.6. The van der Waals surface area contributed by atoms with Crippen LogP contribution < -0.4 is 10.3 Å². The van der Waals surface area contributed by atoms with Gasteiger partial charge in [-0.25, -0.2) is 4.98 Å². The van der Waals surface area contributed by atoms with Crippen molar-refractivity contribution in [3.63, 3.8) is 0 Å². The first-order valence-corrected chi connectivity index (χ1v) is 11.4. The Bertz CT molecular complexity index is 1070. The predicted octanol–water partition coefficient (Wildman–Crippen LogP) is 2.89. The Balaban J connectivity index is 1.51. The number of benzene rings is 1. The minimum Gasteiger partial charge on any atom is -0.486 e. The molecule has 8 heteroatoms. The predicted molar refractivity (Wildman–Crippen MR) is 115 cm³/mol. The molecule has 1 saturated heterocycles. The molecule has 3 heterocycles. The Kier molecular flexibility index (Phi) is 5.44. The van der Waals surface area contributed by atoms with Gasteiger partial charge < -0.3 is 14.6 Å². The Labute approximate surface area is 179 Å². The van der Waals surface area contributed by atoms with Crippen molar-refractivity contribution in [3.05, 3.63) is 56.8 Å². The highest BCUT2D eigenvalue weighted by Gasteiger charge is 2.44. The average Bonchev–Trinajstić information content (AvgIpc) is 2.67. The molecule has 0 bridgehead atoms. The second-order valence-electron chi connectivity index (χ2n) is 8.14. The van der Waals surface area contributed by atoms with Crippen LogP contribution in [0.15, 0.2) is 23.0 Å². The van der Waals surface area contributed by atoms with Crippen molar-refractivity contribution >= 4 is 23.5 Å². The lowest BCUT2D eigenvalue weighted by molar-refractivity contribution is -0.00596. The van der Waals surface area contributed by atoms with E-state index in [0.29, 0.717) is 55.2 Å². The molecule has 158 valence electrons. The fourth-order valence-electron chi connectivity index (χ4n) is 4.40. The van der Waals surface area contributed by atoms with Crippen molar-refractivity contribution in [2.45, 2.75) is 44.5 Å². The van der Waals surface area contributed by atoms with Gasteiger partial charge in [-0.2, -0.15) is 11.8 Å². The minimum absolute atomic E-state index is 0.103. The topological polar surface area (TPSA) is 92.4 Å². The molecule has 0 aliphatic carbocycles. The number of hydrogen-bond donors (Lipinski definition) is 1. The number of aromatic nitrogens is 2. The number of Topliss-reactive ketones (excluding diaryl/α,β-unsaturated/α-hetero) is 1. The highest BCUT2D eigenvalue weighted by molar-refractivity contribution is 7.97. The summed E-state index contributed by atoms with van der Waals surface area (Å²) in [7, 11) is 0. The standard InChI is InChI=1S/C22H25N3O4S/c1-13-8-14(2)20-16(26)11-22(29-17(20)9-13)4-6-25(7-5-22)21(28)15-10-19(27)24-18(23-15)12-30-3/h8-10H,4-7,11-12H2,1-3H3,(H,23,24,27). The van der Waals surface area contributed by atoms with Gasteiger partial charge in [0.1, 0.15) is 22.9 Å². The third-order valence-electron chi connectivity index (χ3n) is 5.78. The van der Waals surface area contributed by atoms with E-state index in [4.69, 9.17) is 4.74 Å². The number of amides is 1. The molecule has 0 atom stereocenters. The van der Waals surface area contributed by atoms with Crippen LogP contribution in [0.3, 0.4) is 0 Å². The summed E-state index contributed by atoms with van der Waals surface area (Å²) >= 11 is 1.52. The summed E-state index contributed by atoms with van der Waals surface area (Å²) in [6, 6.07) is 5.17. The van der Waals surface area contributed by atoms with Crippen LogP contribution in [0.2, 0.25) is 0 Å². The van der Waals surface area contributed by atoms with E-state index in [1.54, 1.807) is 4.90 Å². The van der Waals surface area contributed by atoms with Crippen LogP contribution in [-0.4, -0.2) is 51.5 Å². The molecule has 0 saturated carbocycles. The van der Waals surface area contributed by atoms with Gasteiger partial charge in [0.25, 0.3) is 11.5 Å². The van der Waals surface area contributed by atoms with E-state index < -0.39 is 5.60 Å². The fourth-order valence-corrected chi connectivity index (χ4v) is 4.81. The molecule has 2 aliphatic heterocycles. The van der Waals surface area contributed by atoms with Gasteiger partial charge in [-0.3, -0.25) is 14.4 Å². The number of carbonyl (C=O) groups is 2. The van der Waals surface area contributed by atoms with Crippen LogP contribution in [0.5, 0.6) is 5.75 Å². The summed E-state index contributed by atoms with van der Waals surface area (Å²) < 4.78 is 6.36. The number of thioether (sulfide) groups is 1. The van der Waals surface area contributed by atoms with Crippen molar-refractivity contribution in [1.82, 2.24) is 14.9 Å². The average molecular weight is 428 g/mol. The monoisotopic (exact) mass is 427 g/mol. The van der Waals surface area contributed by atoms with Gasteiger partial charge in [0.15, 0.2) is 5.78 Å². The summed E-state index contributed by atoms with van der Waals surface area (Å²) in [6.07, 6.45) is 3.37. The van der Waals surface area contributed by atoms with Crippen LogP contribution in [0, 0.1) is 13.8 Å². The number of hydrogen-bond acceptors (Lipinski definition) is 6. The molecule has 1 N–H and O–H groups in total. The lowest BCUT2D eigenvalue weighted by Crippen LogP contribution is -2.52. The smallest absolute Gasteiger partial charge is 0.272 e. The van der Waals surface area contributed by atoms with E-state index in [1.807, 2.05) is 32.2 Å². The molecule has 30 heavy (non-hydrogen) atoms. The number of likely N-dealkylation sites (tertiary alicyclic amines) is 1. The molecule has 2 aromatic rings. The first kappa shape index (κ1) is 20.7. The Morgan fingerprint density at radius 2 is 1.97 bits per heavy atom. The van der Waals surface area contributed by atoms with Gasteiger partial charge >= 0.3 is 0 Å². The number of nitrogens with one attached hydrogen (secondary N) is 1. The number of fused-ring (bicyclic) bond motifs is 1. The van der Waals surface area contributed by atoms with E-state index in [9.17, 15) is 14.4 Å². The number of piperidine rings is 1. The van der Waals surface area contributed by atoms with Crippen molar-refractivity contribution in [3.8, 4) is 5.75 Å². The zero-order valence-corrected chi connectivity index (χ0v) is 18.2. The van der Waals surface area contributed by atoms with Gasteiger partial charge in [0.2, 0.25) is 0 Å². The van der Waals surface area contributed by atoms with E-state index in [1.165, 1.54) is 17.8 Å². The molecule has 1 fully saturated rings.